The van der Waals surface area contributed by atoms with Gasteiger partial charge in [-0.1, -0.05) is 47.0 Å². The Morgan fingerprint density at radius 2 is 1.80 bits per heavy atom. The number of hydrogen-bond donors (Lipinski definition) is 2. The van der Waals surface area contributed by atoms with E-state index in [1.165, 1.54) is 0 Å². The Kier molecular flexibility index (Phi) is 4.81. The van der Waals surface area contributed by atoms with Gasteiger partial charge in [0.25, 0.3) is 0 Å². The lowest BCUT2D eigenvalue weighted by atomic mass is 9.96. The Morgan fingerprint density at radius 3 is 2.35 bits per heavy atom. The third-order valence-corrected chi connectivity index (χ3v) is 4.38. The van der Waals surface area contributed by atoms with Crippen molar-refractivity contribution in [1.82, 2.24) is 5.43 Å². The fourth-order valence-corrected chi connectivity index (χ4v) is 2.78. The van der Waals surface area contributed by atoms with Gasteiger partial charge in [0.05, 0.1) is 11.1 Å². The summed E-state index contributed by atoms with van der Waals surface area (Å²) in [4.78, 5) is 0. The molecule has 20 heavy (non-hydrogen) atoms. The van der Waals surface area contributed by atoms with Crippen molar-refractivity contribution in [3.05, 3.63) is 67.9 Å². The van der Waals surface area contributed by atoms with E-state index in [-0.39, 0.29) is 5.02 Å². The van der Waals surface area contributed by atoms with Crippen LogP contribution in [0.1, 0.15) is 28.3 Å². The Labute approximate surface area is 131 Å². The molecule has 5 heteroatoms. The zero-order valence-electron chi connectivity index (χ0n) is 11.2. The first-order valence-electron chi connectivity index (χ1n) is 6.11. The van der Waals surface area contributed by atoms with E-state index in [2.05, 4.69) is 27.4 Å². The highest BCUT2D eigenvalue weighted by Gasteiger charge is 2.20. The summed E-state index contributed by atoms with van der Waals surface area (Å²) in [6.07, 6.45) is 0. The molecule has 0 aliphatic rings. The molecule has 0 saturated heterocycles. The van der Waals surface area contributed by atoms with E-state index in [0.717, 1.165) is 16.7 Å². The predicted molar refractivity (Wildman–Crippen MR) is 84.2 cm³/mol. The van der Waals surface area contributed by atoms with Crippen molar-refractivity contribution in [2.75, 3.05) is 0 Å². The van der Waals surface area contributed by atoms with Crippen molar-refractivity contribution in [2.24, 2.45) is 5.84 Å². The molecule has 0 radical (unpaired) electrons. The first kappa shape index (κ1) is 15.4. The zero-order valence-corrected chi connectivity index (χ0v) is 13.5. The van der Waals surface area contributed by atoms with Crippen LogP contribution in [0, 0.1) is 19.7 Å². The fourth-order valence-electron chi connectivity index (χ4n) is 2.31. The molecule has 0 saturated carbocycles. The average molecular weight is 358 g/mol. The lowest BCUT2D eigenvalue weighted by molar-refractivity contribution is 0.559. The lowest BCUT2D eigenvalue weighted by Crippen LogP contribution is -2.29. The van der Waals surface area contributed by atoms with Crippen molar-refractivity contribution in [3.63, 3.8) is 0 Å². The Bertz CT molecular complexity index is 626. The minimum absolute atomic E-state index is 0.0622. The van der Waals surface area contributed by atoms with Crippen LogP contribution >= 0.6 is 27.5 Å². The zero-order chi connectivity index (χ0) is 14.9. The number of nitrogens with two attached hydrogens (primary N) is 1. The molecule has 2 aromatic rings. The van der Waals surface area contributed by atoms with Crippen LogP contribution in [-0.4, -0.2) is 0 Å². The molecule has 0 heterocycles. The van der Waals surface area contributed by atoms with Gasteiger partial charge in [-0.3, -0.25) is 5.84 Å². The van der Waals surface area contributed by atoms with Gasteiger partial charge in [-0.15, -0.1) is 0 Å². The monoisotopic (exact) mass is 356 g/mol. The number of halogens is 3. The van der Waals surface area contributed by atoms with Gasteiger partial charge in [-0.05, 0) is 41.4 Å². The summed E-state index contributed by atoms with van der Waals surface area (Å²) in [5.41, 5.74) is 6.19. The van der Waals surface area contributed by atoms with E-state index in [1.54, 1.807) is 12.1 Å². The van der Waals surface area contributed by atoms with Gasteiger partial charge in [0.15, 0.2) is 0 Å². The molecule has 2 aromatic carbocycles. The molecule has 2 nitrogen and oxygen atoms in total. The maximum Gasteiger partial charge on any atom is 0.148 e. The van der Waals surface area contributed by atoms with E-state index in [9.17, 15) is 4.39 Å². The largest absolute Gasteiger partial charge is 0.271 e. The maximum absolute atomic E-state index is 14.3. The molecule has 1 unspecified atom stereocenters. The highest BCUT2D eigenvalue weighted by molar-refractivity contribution is 9.10. The second-order valence-electron chi connectivity index (χ2n) is 4.79. The summed E-state index contributed by atoms with van der Waals surface area (Å²) in [6, 6.07) is 8.96. The van der Waals surface area contributed by atoms with E-state index >= 15 is 0 Å². The van der Waals surface area contributed by atoms with Crippen LogP contribution in [0.15, 0.2) is 34.8 Å². The Morgan fingerprint density at radius 1 is 1.20 bits per heavy atom. The lowest BCUT2D eigenvalue weighted by Gasteiger charge is -2.19. The molecule has 0 aliphatic heterocycles. The van der Waals surface area contributed by atoms with Crippen LogP contribution in [0.5, 0.6) is 0 Å². The molecule has 0 aliphatic carbocycles. The molecular formula is C15H15BrClFN2. The van der Waals surface area contributed by atoms with Crippen molar-refractivity contribution in [1.29, 1.82) is 0 Å². The van der Waals surface area contributed by atoms with Crippen LogP contribution in [0.4, 0.5) is 4.39 Å². The normalized spacial score (nSPS) is 12.5. The number of rotatable bonds is 3. The highest BCUT2D eigenvalue weighted by Crippen LogP contribution is 2.33. The number of hydrazine groups is 1. The van der Waals surface area contributed by atoms with E-state index in [0.29, 0.717) is 10.0 Å². The first-order chi connectivity index (χ1) is 9.43. The minimum Gasteiger partial charge on any atom is -0.271 e. The summed E-state index contributed by atoms with van der Waals surface area (Å²) < 4.78 is 14.9. The number of aryl methyl sites for hydroxylation is 2. The van der Waals surface area contributed by atoms with Crippen molar-refractivity contribution < 1.29 is 4.39 Å². The molecule has 0 bridgehead atoms. The molecule has 3 N–H and O–H groups in total. The quantitative estimate of drug-likeness (QED) is 0.485. The van der Waals surface area contributed by atoms with Crippen LogP contribution < -0.4 is 11.3 Å². The third kappa shape index (κ3) is 3.04. The standard InChI is InChI=1S/C15H15BrClFN2/c1-8-5-9(2)7-10(6-8)15(20-19)11-3-4-12(16)13(17)14(11)18/h3-7,15,20H,19H2,1-2H3. The third-order valence-electron chi connectivity index (χ3n) is 3.12. The van der Waals surface area contributed by atoms with E-state index in [4.69, 9.17) is 17.4 Å². The number of nitrogens with one attached hydrogen (secondary N) is 1. The second-order valence-corrected chi connectivity index (χ2v) is 6.02. The van der Waals surface area contributed by atoms with Gasteiger partial charge < -0.3 is 0 Å². The Hall–Kier alpha value is -0.940. The number of hydrogen-bond acceptors (Lipinski definition) is 2. The van der Waals surface area contributed by atoms with Crippen LogP contribution in [0.2, 0.25) is 5.02 Å². The molecule has 0 fully saturated rings. The van der Waals surface area contributed by atoms with E-state index < -0.39 is 11.9 Å². The van der Waals surface area contributed by atoms with Gasteiger partial charge in [0.2, 0.25) is 0 Å². The highest BCUT2D eigenvalue weighted by atomic mass is 79.9. The van der Waals surface area contributed by atoms with Crippen LogP contribution in [0.25, 0.3) is 0 Å². The van der Waals surface area contributed by atoms with Gasteiger partial charge in [-0.25, -0.2) is 9.82 Å². The minimum atomic E-state index is -0.469. The second kappa shape index (κ2) is 6.22. The van der Waals surface area contributed by atoms with Gasteiger partial charge in [0.1, 0.15) is 5.82 Å². The molecule has 2 rings (SSSR count). The summed E-state index contributed by atoms with van der Waals surface area (Å²) in [7, 11) is 0. The Balaban J connectivity index is 2.55. The number of benzene rings is 2. The molecule has 0 amide bonds. The van der Waals surface area contributed by atoms with Gasteiger partial charge in [0, 0.05) is 10.0 Å². The van der Waals surface area contributed by atoms with Crippen molar-refractivity contribution in [2.45, 2.75) is 19.9 Å². The smallest absolute Gasteiger partial charge is 0.148 e. The SMILES string of the molecule is Cc1cc(C)cc(C(NN)c2ccc(Br)c(Cl)c2F)c1. The van der Waals surface area contributed by atoms with Gasteiger partial charge >= 0.3 is 0 Å². The molecule has 0 aromatic heterocycles. The van der Waals surface area contributed by atoms with Gasteiger partial charge in [-0.2, -0.15) is 0 Å². The van der Waals surface area contributed by atoms with Crippen molar-refractivity contribution >= 4 is 27.5 Å². The summed E-state index contributed by atoms with van der Waals surface area (Å²) in [6.45, 7) is 3.99. The summed E-state index contributed by atoms with van der Waals surface area (Å²) in [5.74, 6) is 5.15. The summed E-state index contributed by atoms with van der Waals surface area (Å²) in [5, 5.41) is 0.0622. The molecule has 106 valence electrons. The molecular weight excluding hydrogens is 343 g/mol. The topological polar surface area (TPSA) is 38.0 Å². The fraction of sp³-hybridized carbons (Fsp3) is 0.200. The molecule has 1 atom stereocenters. The average Bonchev–Trinajstić information content (AvgIpc) is 2.38. The van der Waals surface area contributed by atoms with Crippen LogP contribution in [0.3, 0.4) is 0 Å². The summed E-state index contributed by atoms with van der Waals surface area (Å²) >= 11 is 9.15. The predicted octanol–water partition coefficient (Wildman–Crippen LogP) is 4.41. The first-order valence-corrected chi connectivity index (χ1v) is 7.29. The maximum atomic E-state index is 14.3. The van der Waals surface area contributed by atoms with E-state index in [1.807, 2.05) is 26.0 Å². The molecule has 0 spiro atoms. The van der Waals surface area contributed by atoms with Crippen molar-refractivity contribution in [3.8, 4) is 0 Å². The van der Waals surface area contributed by atoms with Crippen LogP contribution in [-0.2, 0) is 0 Å².